The molecule has 0 spiro atoms. The van der Waals surface area contributed by atoms with Crippen LogP contribution < -0.4 is 0 Å². The lowest BCUT2D eigenvalue weighted by molar-refractivity contribution is -0.211. The van der Waals surface area contributed by atoms with Crippen molar-refractivity contribution in [2.75, 3.05) is 7.11 Å². The highest BCUT2D eigenvalue weighted by atomic mass is 16.5. The van der Waals surface area contributed by atoms with E-state index in [4.69, 9.17) is 14.2 Å². The molecule has 0 radical (unpaired) electrons. The minimum absolute atomic E-state index is 0.000454. The van der Waals surface area contributed by atoms with Gasteiger partial charge in [0.1, 0.15) is 12.2 Å². The van der Waals surface area contributed by atoms with Crippen molar-refractivity contribution in [3.05, 3.63) is 95.3 Å². The Morgan fingerprint density at radius 1 is 0.845 bits per heavy atom. The Balaban J connectivity index is 1.04. The van der Waals surface area contributed by atoms with Gasteiger partial charge in [-0.3, -0.25) is 14.4 Å². The molecule has 2 aromatic carbocycles. The second-order valence-corrected chi connectivity index (χ2v) is 20.5. The molecule has 4 saturated carbocycles. The zero-order chi connectivity index (χ0) is 41.3. The third-order valence-corrected chi connectivity index (χ3v) is 17.0. The number of ketones is 1. The smallest absolute Gasteiger partial charge is 0.327 e. The van der Waals surface area contributed by atoms with Gasteiger partial charge < -0.3 is 14.2 Å². The Morgan fingerprint density at radius 3 is 2.16 bits per heavy atom. The van der Waals surface area contributed by atoms with Crippen molar-refractivity contribution < 1.29 is 28.6 Å². The van der Waals surface area contributed by atoms with Gasteiger partial charge in [0.2, 0.25) is 0 Å². The summed E-state index contributed by atoms with van der Waals surface area (Å²) in [6.45, 7) is 16.9. The summed E-state index contributed by atoms with van der Waals surface area (Å²) in [5.41, 5.74) is 2.54. The van der Waals surface area contributed by atoms with Gasteiger partial charge in [0, 0.05) is 5.92 Å². The van der Waals surface area contributed by atoms with Crippen LogP contribution in [0.4, 0.5) is 0 Å². The average molecular weight is 790 g/mol. The van der Waals surface area contributed by atoms with Gasteiger partial charge in [-0.25, -0.2) is 4.68 Å². The zero-order valence-corrected chi connectivity index (χ0v) is 35.9. The van der Waals surface area contributed by atoms with Crippen molar-refractivity contribution in [3.8, 4) is 0 Å². The lowest BCUT2D eigenvalue weighted by Gasteiger charge is -2.70. The van der Waals surface area contributed by atoms with Crippen molar-refractivity contribution in [2.45, 2.75) is 132 Å². The second-order valence-electron chi connectivity index (χ2n) is 20.5. The Kier molecular flexibility index (Phi) is 10.2. The van der Waals surface area contributed by atoms with E-state index in [1.165, 1.54) is 17.4 Å². The van der Waals surface area contributed by atoms with Gasteiger partial charge in [0.05, 0.1) is 31.4 Å². The second kappa shape index (κ2) is 14.6. The van der Waals surface area contributed by atoms with E-state index in [0.29, 0.717) is 24.6 Å². The summed E-state index contributed by atoms with van der Waals surface area (Å²) in [5, 5.41) is 8.32. The van der Waals surface area contributed by atoms with Crippen LogP contribution >= 0.6 is 0 Å². The number of carbonyl (C=O) groups is 3. The van der Waals surface area contributed by atoms with E-state index in [1.807, 2.05) is 60.7 Å². The van der Waals surface area contributed by atoms with Crippen LogP contribution in [0.2, 0.25) is 0 Å². The number of hydrogen-bond donors (Lipinski definition) is 0. The molecule has 8 rings (SSSR count). The molecule has 310 valence electrons. The highest BCUT2D eigenvalue weighted by molar-refractivity contribution is 5.95. The highest BCUT2D eigenvalue weighted by Crippen LogP contribution is 2.75. The standard InChI is InChI=1S/C49H63N3O6/c1-44(2)38-19-22-49(7)42(47(38,5)21-20-39(44)57-31-34-29-52(51-50-34)30-40(54)56-8)37(53)27-35-36-28-46(4,24-23-45(36,3)25-26-48(35,49)6)43(55)58-41(32-15-11-9-12-16-32)33-17-13-10-14-18-33/h9-18,27,29,36,38-39,41-42H,19-26,28,30-31H2,1-8H3/t36-,38-,39-,42+,45+,46-,47-,48+,49+/m0/s1. The minimum atomic E-state index is -0.673. The monoisotopic (exact) mass is 789 g/mol. The summed E-state index contributed by atoms with van der Waals surface area (Å²) in [6, 6.07) is 20.1. The van der Waals surface area contributed by atoms with E-state index in [1.54, 1.807) is 6.20 Å². The number of methoxy groups -OCH3 is 1. The maximum atomic E-state index is 15.1. The van der Waals surface area contributed by atoms with Crippen LogP contribution in [0, 0.1) is 50.2 Å². The molecule has 3 aromatic rings. The number of esters is 2. The summed E-state index contributed by atoms with van der Waals surface area (Å²) < 4.78 is 19.5. The van der Waals surface area contributed by atoms with Crippen molar-refractivity contribution in [2.24, 2.45) is 50.2 Å². The number of fused-ring (bicyclic) bond motifs is 7. The Bertz CT molecular complexity index is 2040. The third kappa shape index (κ3) is 6.49. The summed E-state index contributed by atoms with van der Waals surface area (Å²) in [5.74, 6) is 0.102. The molecular formula is C49H63N3O6. The summed E-state index contributed by atoms with van der Waals surface area (Å²) >= 11 is 0. The van der Waals surface area contributed by atoms with E-state index in [2.05, 4.69) is 64.9 Å². The maximum absolute atomic E-state index is 15.1. The Morgan fingerprint density at radius 2 is 1.50 bits per heavy atom. The molecule has 5 aliphatic rings. The molecule has 9 heteroatoms. The number of ether oxygens (including phenoxy) is 3. The number of nitrogens with zero attached hydrogens (tertiary/aromatic N) is 3. The molecule has 5 aliphatic carbocycles. The molecule has 0 saturated heterocycles. The fraction of sp³-hybridized carbons (Fsp3) is 0.612. The minimum Gasteiger partial charge on any atom is -0.468 e. The fourth-order valence-electron chi connectivity index (χ4n) is 13.3. The Hall–Kier alpha value is -4.11. The molecule has 58 heavy (non-hydrogen) atoms. The molecule has 0 N–H and O–H groups in total. The van der Waals surface area contributed by atoms with Crippen LogP contribution in [-0.4, -0.2) is 45.9 Å². The number of allylic oxidation sites excluding steroid dienone is 2. The summed E-state index contributed by atoms with van der Waals surface area (Å²) in [7, 11) is 1.36. The lowest BCUT2D eigenvalue weighted by atomic mass is 9.33. The molecule has 9 nitrogen and oxygen atoms in total. The van der Waals surface area contributed by atoms with Crippen LogP contribution in [0.1, 0.15) is 129 Å². The van der Waals surface area contributed by atoms with Crippen molar-refractivity contribution in [1.82, 2.24) is 15.0 Å². The van der Waals surface area contributed by atoms with E-state index in [9.17, 15) is 9.59 Å². The van der Waals surface area contributed by atoms with Crippen molar-refractivity contribution in [3.63, 3.8) is 0 Å². The summed E-state index contributed by atoms with van der Waals surface area (Å²) in [4.78, 5) is 41.4. The molecule has 0 unspecified atom stereocenters. The van der Waals surface area contributed by atoms with Gasteiger partial charge >= 0.3 is 11.9 Å². The number of rotatable bonds is 9. The van der Waals surface area contributed by atoms with Gasteiger partial charge in [-0.2, -0.15) is 0 Å². The van der Waals surface area contributed by atoms with Crippen molar-refractivity contribution in [1.29, 1.82) is 0 Å². The van der Waals surface area contributed by atoms with Gasteiger partial charge in [-0.05, 0) is 121 Å². The first-order valence-corrected chi connectivity index (χ1v) is 21.6. The predicted molar refractivity (Wildman–Crippen MR) is 221 cm³/mol. The van der Waals surface area contributed by atoms with E-state index >= 15 is 4.79 Å². The van der Waals surface area contributed by atoms with E-state index < -0.39 is 11.5 Å². The Labute approximate surface area is 344 Å². The molecule has 1 heterocycles. The molecule has 4 fully saturated rings. The zero-order valence-electron chi connectivity index (χ0n) is 35.9. The molecule has 9 atom stereocenters. The first kappa shape index (κ1) is 40.7. The van der Waals surface area contributed by atoms with E-state index in [0.717, 1.165) is 62.5 Å². The normalized spacial score (nSPS) is 36.4. The van der Waals surface area contributed by atoms with Gasteiger partial charge in [0.15, 0.2) is 11.9 Å². The predicted octanol–water partition coefficient (Wildman–Crippen LogP) is 9.65. The van der Waals surface area contributed by atoms with Crippen molar-refractivity contribution >= 4 is 17.7 Å². The topological polar surface area (TPSA) is 110 Å². The fourth-order valence-corrected chi connectivity index (χ4v) is 13.3. The van der Waals surface area contributed by atoms with Gasteiger partial charge in [-0.1, -0.05) is 113 Å². The van der Waals surface area contributed by atoms with Crippen LogP contribution in [0.3, 0.4) is 0 Å². The molecule has 0 amide bonds. The first-order valence-electron chi connectivity index (χ1n) is 21.6. The maximum Gasteiger partial charge on any atom is 0.327 e. The number of benzene rings is 2. The third-order valence-electron chi connectivity index (χ3n) is 17.0. The van der Waals surface area contributed by atoms with Crippen LogP contribution in [0.15, 0.2) is 78.5 Å². The first-order chi connectivity index (χ1) is 27.5. The largest absolute Gasteiger partial charge is 0.468 e. The summed E-state index contributed by atoms with van der Waals surface area (Å²) in [6.07, 6.45) is 11.7. The quantitative estimate of drug-likeness (QED) is 0.197. The molecule has 0 bridgehead atoms. The number of carbonyl (C=O) groups excluding carboxylic acids is 3. The molecule has 1 aromatic heterocycles. The SMILES string of the molecule is COC(=O)Cn1cc(CO[C@H]2CC[C@]3(C)[C@H]4C(=O)C=C5[C@@H]6C[C@@](C)(C(=O)OC(c7ccccc7)c7ccccc7)CC[C@]6(C)CC[C@@]5(C)[C@]4(C)CC[C@H]3C2(C)C)nn1. The molecule has 0 aliphatic heterocycles. The van der Waals surface area contributed by atoms with Crippen LogP contribution in [0.5, 0.6) is 0 Å². The van der Waals surface area contributed by atoms with Gasteiger partial charge in [0.25, 0.3) is 0 Å². The number of hydrogen-bond acceptors (Lipinski definition) is 8. The van der Waals surface area contributed by atoms with E-state index in [-0.39, 0.29) is 69.3 Å². The van der Waals surface area contributed by atoms with Crippen LogP contribution in [-0.2, 0) is 41.7 Å². The van der Waals surface area contributed by atoms with Gasteiger partial charge in [-0.15, -0.1) is 5.10 Å². The lowest BCUT2D eigenvalue weighted by Crippen LogP contribution is -2.66. The number of aromatic nitrogens is 3. The molecular weight excluding hydrogens is 727 g/mol. The highest BCUT2D eigenvalue weighted by Gasteiger charge is 2.70. The average Bonchev–Trinajstić information content (AvgIpc) is 3.65. The van der Waals surface area contributed by atoms with Crippen LogP contribution in [0.25, 0.3) is 0 Å².